The summed E-state index contributed by atoms with van der Waals surface area (Å²) in [7, 11) is -3.47. The molecule has 0 saturated heterocycles. The molecule has 3 nitrogen and oxygen atoms in total. The Morgan fingerprint density at radius 1 is 1.40 bits per heavy atom. The van der Waals surface area contributed by atoms with Crippen molar-refractivity contribution in [2.45, 2.75) is 11.3 Å². The summed E-state index contributed by atoms with van der Waals surface area (Å²) in [6, 6.07) is 3.24. The van der Waals surface area contributed by atoms with Crippen molar-refractivity contribution >= 4 is 21.4 Å². The fourth-order valence-electron chi connectivity index (χ4n) is 1.04. The van der Waals surface area contributed by atoms with Gasteiger partial charge < -0.3 is 5.11 Å². The zero-order valence-electron chi connectivity index (χ0n) is 7.78. The van der Waals surface area contributed by atoms with Gasteiger partial charge in [0, 0.05) is 6.61 Å². The molecule has 1 rings (SSSR count). The third kappa shape index (κ3) is 3.15. The van der Waals surface area contributed by atoms with E-state index < -0.39 is 15.7 Å². The fourth-order valence-corrected chi connectivity index (χ4v) is 2.61. The quantitative estimate of drug-likeness (QED) is 0.829. The van der Waals surface area contributed by atoms with Crippen LogP contribution in [0.2, 0.25) is 5.02 Å². The number of benzene rings is 1. The van der Waals surface area contributed by atoms with Crippen molar-refractivity contribution in [3.8, 4) is 0 Å². The van der Waals surface area contributed by atoms with E-state index in [0.717, 1.165) is 18.2 Å². The maximum absolute atomic E-state index is 12.8. The van der Waals surface area contributed by atoms with Crippen LogP contribution in [0.5, 0.6) is 0 Å². The van der Waals surface area contributed by atoms with Gasteiger partial charge in [-0.25, -0.2) is 12.8 Å². The molecule has 0 radical (unpaired) electrons. The van der Waals surface area contributed by atoms with E-state index in [1.165, 1.54) is 0 Å². The number of hydrogen-bond donors (Lipinski definition) is 1. The molecule has 0 unspecified atom stereocenters. The van der Waals surface area contributed by atoms with Gasteiger partial charge in [-0.1, -0.05) is 11.6 Å². The number of hydrogen-bond acceptors (Lipinski definition) is 3. The highest BCUT2D eigenvalue weighted by atomic mass is 35.5. The Morgan fingerprint density at radius 2 is 2.07 bits per heavy atom. The van der Waals surface area contributed by atoms with Crippen molar-refractivity contribution in [2.24, 2.45) is 0 Å². The normalized spacial score (nSPS) is 11.7. The van der Waals surface area contributed by atoms with Gasteiger partial charge in [-0.15, -0.1) is 0 Å². The van der Waals surface area contributed by atoms with E-state index in [2.05, 4.69) is 0 Å². The Hall–Kier alpha value is -0.650. The Morgan fingerprint density at radius 3 is 2.60 bits per heavy atom. The minimum absolute atomic E-state index is 0.0256. The summed E-state index contributed by atoms with van der Waals surface area (Å²) in [5.41, 5.74) is 0. The van der Waals surface area contributed by atoms with E-state index in [1.54, 1.807) is 0 Å². The first-order chi connectivity index (χ1) is 6.97. The lowest BCUT2D eigenvalue weighted by Crippen LogP contribution is -2.08. The molecule has 1 N–H and O–H groups in total. The molecule has 0 aliphatic carbocycles. The van der Waals surface area contributed by atoms with Gasteiger partial charge in [0.25, 0.3) is 0 Å². The predicted octanol–water partition coefficient (Wildman–Crippen LogP) is 1.64. The minimum atomic E-state index is -3.47. The van der Waals surface area contributed by atoms with E-state index in [1.807, 2.05) is 0 Å². The van der Waals surface area contributed by atoms with E-state index >= 15 is 0 Å². The average molecular weight is 253 g/mol. The molecule has 6 heteroatoms. The molecule has 0 bridgehead atoms. The second-order valence-corrected chi connectivity index (χ2v) is 5.49. The van der Waals surface area contributed by atoms with Gasteiger partial charge in [-0.2, -0.15) is 0 Å². The molecule has 0 amide bonds. The Kier molecular flexibility index (Phi) is 4.07. The van der Waals surface area contributed by atoms with Crippen molar-refractivity contribution in [1.82, 2.24) is 0 Å². The lowest BCUT2D eigenvalue weighted by Gasteiger charge is -2.03. The smallest absolute Gasteiger partial charge is 0.178 e. The first-order valence-corrected chi connectivity index (χ1v) is 6.29. The van der Waals surface area contributed by atoms with Crippen LogP contribution in [0, 0.1) is 5.82 Å². The molecule has 0 fully saturated rings. The highest BCUT2D eigenvalue weighted by Crippen LogP contribution is 2.20. The molecule has 0 aliphatic rings. The van der Waals surface area contributed by atoms with Gasteiger partial charge in [0.1, 0.15) is 5.82 Å². The zero-order valence-corrected chi connectivity index (χ0v) is 9.35. The van der Waals surface area contributed by atoms with Crippen LogP contribution < -0.4 is 0 Å². The fraction of sp³-hybridized carbons (Fsp3) is 0.333. The second-order valence-electron chi connectivity index (χ2n) is 2.97. The lowest BCUT2D eigenvalue weighted by molar-refractivity contribution is 0.295. The lowest BCUT2D eigenvalue weighted by atomic mass is 10.3. The third-order valence-corrected chi connectivity index (χ3v) is 3.91. The SMILES string of the molecule is O=S(=O)(CCCO)c1ccc(F)c(Cl)c1. The van der Waals surface area contributed by atoms with E-state index in [0.29, 0.717) is 0 Å². The van der Waals surface area contributed by atoms with Gasteiger partial charge in [-0.05, 0) is 24.6 Å². The summed E-state index contributed by atoms with van der Waals surface area (Å²) in [5.74, 6) is -0.830. The van der Waals surface area contributed by atoms with Crippen LogP contribution in [0.4, 0.5) is 4.39 Å². The summed E-state index contributed by atoms with van der Waals surface area (Å²) >= 11 is 5.47. The van der Waals surface area contributed by atoms with Crippen LogP contribution in [-0.2, 0) is 9.84 Å². The second kappa shape index (κ2) is 4.92. The number of aliphatic hydroxyl groups excluding tert-OH is 1. The highest BCUT2D eigenvalue weighted by Gasteiger charge is 2.15. The maximum atomic E-state index is 12.8. The minimum Gasteiger partial charge on any atom is -0.396 e. The molecule has 15 heavy (non-hydrogen) atoms. The van der Waals surface area contributed by atoms with E-state index in [9.17, 15) is 12.8 Å². The van der Waals surface area contributed by atoms with Crippen molar-refractivity contribution in [1.29, 1.82) is 0 Å². The van der Waals surface area contributed by atoms with Crippen molar-refractivity contribution in [2.75, 3.05) is 12.4 Å². The number of halogens is 2. The van der Waals surface area contributed by atoms with Crippen molar-refractivity contribution < 1.29 is 17.9 Å². The predicted molar refractivity (Wildman–Crippen MR) is 55.2 cm³/mol. The topological polar surface area (TPSA) is 54.4 Å². The summed E-state index contributed by atoms with van der Waals surface area (Å²) in [6.45, 7) is -0.200. The maximum Gasteiger partial charge on any atom is 0.178 e. The molecular weight excluding hydrogens is 243 g/mol. The molecule has 84 valence electrons. The average Bonchev–Trinajstić information content (AvgIpc) is 2.19. The van der Waals surface area contributed by atoms with Crippen LogP contribution in [0.15, 0.2) is 23.1 Å². The molecule has 1 aromatic carbocycles. The molecule has 0 aromatic heterocycles. The summed E-state index contributed by atoms with van der Waals surface area (Å²) in [6.07, 6.45) is 0.150. The summed E-state index contributed by atoms with van der Waals surface area (Å²) in [5, 5.41) is 8.30. The van der Waals surface area contributed by atoms with Crippen LogP contribution in [0.25, 0.3) is 0 Å². The Bertz CT molecular complexity index is 445. The molecule has 0 atom stereocenters. The van der Waals surface area contributed by atoms with Crippen LogP contribution in [0.1, 0.15) is 6.42 Å². The third-order valence-electron chi connectivity index (χ3n) is 1.82. The molecule has 1 aromatic rings. The Labute approximate surface area is 92.4 Å². The number of aliphatic hydroxyl groups is 1. The number of sulfone groups is 1. The Balaban J connectivity index is 3.00. The number of rotatable bonds is 4. The first kappa shape index (κ1) is 12.4. The van der Waals surface area contributed by atoms with Crippen molar-refractivity contribution in [3.05, 3.63) is 29.0 Å². The molecule has 0 spiro atoms. The molecule has 0 saturated carbocycles. The van der Waals surface area contributed by atoms with E-state index in [-0.39, 0.29) is 28.7 Å². The van der Waals surface area contributed by atoms with Crippen molar-refractivity contribution in [3.63, 3.8) is 0 Å². The monoisotopic (exact) mass is 252 g/mol. The van der Waals surface area contributed by atoms with Crippen LogP contribution >= 0.6 is 11.6 Å². The standard InChI is InChI=1S/C9H10ClFO3S/c10-8-6-7(2-3-9(8)11)15(13,14)5-1-4-12/h2-3,6,12H,1,4-5H2. The van der Waals surface area contributed by atoms with Gasteiger partial charge >= 0.3 is 0 Å². The molecule has 0 aliphatic heterocycles. The van der Waals surface area contributed by atoms with Gasteiger partial charge in [0.2, 0.25) is 0 Å². The zero-order chi connectivity index (χ0) is 11.5. The largest absolute Gasteiger partial charge is 0.396 e. The molecular formula is C9H10ClFO3S. The molecule has 0 heterocycles. The van der Waals surface area contributed by atoms with E-state index in [4.69, 9.17) is 16.7 Å². The first-order valence-electron chi connectivity index (χ1n) is 4.26. The van der Waals surface area contributed by atoms with Gasteiger partial charge in [-0.3, -0.25) is 0 Å². The van der Waals surface area contributed by atoms with Crippen LogP contribution in [-0.4, -0.2) is 25.9 Å². The van der Waals surface area contributed by atoms with Crippen LogP contribution in [0.3, 0.4) is 0 Å². The summed E-state index contributed by atoms with van der Waals surface area (Å²) < 4.78 is 35.9. The van der Waals surface area contributed by atoms with Gasteiger partial charge in [0.05, 0.1) is 15.7 Å². The highest BCUT2D eigenvalue weighted by molar-refractivity contribution is 7.91. The van der Waals surface area contributed by atoms with Gasteiger partial charge in [0.15, 0.2) is 9.84 Å². The summed E-state index contributed by atoms with van der Waals surface area (Å²) in [4.78, 5) is -0.0256.